The quantitative estimate of drug-likeness (QED) is 0.573. The third-order valence-electron chi connectivity index (χ3n) is 3.74. The standard InChI is InChI=1S/C17H32N4O/c1-13(2)9-10-14(3)20-17(18-4)19-12-15(21(5)6)16-8-7-11-22-16/h7-8,11,13-15H,9-10,12H2,1-6H3,(H2,18,19,20). The summed E-state index contributed by atoms with van der Waals surface area (Å²) in [7, 11) is 5.91. The monoisotopic (exact) mass is 308 g/mol. The number of guanidine groups is 1. The first-order chi connectivity index (χ1) is 10.4. The number of hydrogen-bond acceptors (Lipinski definition) is 3. The van der Waals surface area contributed by atoms with Crippen molar-refractivity contribution >= 4 is 5.96 Å². The zero-order chi connectivity index (χ0) is 16.5. The Bertz CT molecular complexity index is 426. The van der Waals surface area contributed by atoms with Gasteiger partial charge in [-0.05, 0) is 51.9 Å². The van der Waals surface area contributed by atoms with Gasteiger partial charge in [-0.3, -0.25) is 9.89 Å². The van der Waals surface area contributed by atoms with Crippen molar-refractivity contribution in [1.29, 1.82) is 0 Å². The van der Waals surface area contributed by atoms with E-state index in [1.54, 1.807) is 6.26 Å². The van der Waals surface area contributed by atoms with E-state index in [4.69, 9.17) is 4.42 Å². The van der Waals surface area contributed by atoms with E-state index < -0.39 is 0 Å². The van der Waals surface area contributed by atoms with Crippen LogP contribution in [0.3, 0.4) is 0 Å². The molecule has 0 bridgehead atoms. The molecule has 2 unspecified atom stereocenters. The molecule has 2 N–H and O–H groups in total. The van der Waals surface area contributed by atoms with Gasteiger partial charge in [0.1, 0.15) is 5.76 Å². The third kappa shape index (κ3) is 6.52. The largest absolute Gasteiger partial charge is 0.468 e. The molecule has 5 nitrogen and oxygen atoms in total. The zero-order valence-corrected chi connectivity index (χ0v) is 14.9. The maximum absolute atomic E-state index is 5.53. The van der Waals surface area contributed by atoms with Crippen LogP contribution in [-0.2, 0) is 0 Å². The van der Waals surface area contributed by atoms with Crippen LogP contribution in [0, 0.1) is 5.92 Å². The molecular formula is C17H32N4O. The predicted octanol–water partition coefficient (Wildman–Crippen LogP) is 2.87. The van der Waals surface area contributed by atoms with Crippen molar-refractivity contribution in [3.05, 3.63) is 24.2 Å². The van der Waals surface area contributed by atoms with Gasteiger partial charge in [0.25, 0.3) is 0 Å². The molecule has 22 heavy (non-hydrogen) atoms. The molecular weight excluding hydrogens is 276 g/mol. The fourth-order valence-corrected chi connectivity index (χ4v) is 2.30. The Labute approximate surface area is 135 Å². The van der Waals surface area contributed by atoms with Crippen LogP contribution in [0.25, 0.3) is 0 Å². The zero-order valence-electron chi connectivity index (χ0n) is 14.9. The summed E-state index contributed by atoms with van der Waals surface area (Å²) in [5.41, 5.74) is 0. The Morgan fingerprint density at radius 2 is 2.00 bits per heavy atom. The molecule has 0 aliphatic heterocycles. The van der Waals surface area contributed by atoms with Crippen LogP contribution < -0.4 is 10.6 Å². The molecule has 1 aromatic heterocycles. The Morgan fingerprint density at radius 1 is 1.27 bits per heavy atom. The molecule has 2 atom stereocenters. The van der Waals surface area contributed by atoms with Gasteiger partial charge in [0.15, 0.2) is 5.96 Å². The molecule has 1 aromatic rings. The molecule has 1 rings (SSSR count). The van der Waals surface area contributed by atoms with E-state index in [0.717, 1.165) is 30.6 Å². The van der Waals surface area contributed by atoms with Gasteiger partial charge in [-0.2, -0.15) is 0 Å². The summed E-state index contributed by atoms with van der Waals surface area (Å²) >= 11 is 0. The normalized spacial score (nSPS) is 15.2. The number of likely N-dealkylation sites (N-methyl/N-ethyl adjacent to an activating group) is 1. The Balaban J connectivity index is 2.48. The van der Waals surface area contributed by atoms with Crippen molar-refractivity contribution in [3.8, 4) is 0 Å². The highest BCUT2D eigenvalue weighted by Gasteiger charge is 2.17. The third-order valence-corrected chi connectivity index (χ3v) is 3.74. The summed E-state index contributed by atoms with van der Waals surface area (Å²) in [4.78, 5) is 6.45. The minimum atomic E-state index is 0.180. The van der Waals surface area contributed by atoms with Crippen LogP contribution in [0.5, 0.6) is 0 Å². The lowest BCUT2D eigenvalue weighted by molar-refractivity contribution is 0.258. The minimum Gasteiger partial charge on any atom is -0.468 e. The van der Waals surface area contributed by atoms with Gasteiger partial charge in [0, 0.05) is 19.6 Å². The van der Waals surface area contributed by atoms with Gasteiger partial charge in [-0.1, -0.05) is 13.8 Å². The van der Waals surface area contributed by atoms with E-state index in [0.29, 0.717) is 6.04 Å². The minimum absolute atomic E-state index is 0.180. The SMILES string of the molecule is CN=C(NCC(c1ccco1)N(C)C)NC(C)CCC(C)C. The van der Waals surface area contributed by atoms with Gasteiger partial charge < -0.3 is 15.1 Å². The summed E-state index contributed by atoms with van der Waals surface area (Å²) in [6.45, 7) is 7.46. The van der Waals surface area contributed by atoms with Crippen molar-refractivity contribution in [2.75, 3.05) is 27.7 Å². The molecule has 0 saturated carbocycles. The molecule has 0 fully saturated rings. The number of hydrogen-bond donors (Lipinski definition) is 2. The molecule has 0 amide bonds. The smallest absolute Gasteiger partial charge is 0.191 e. The van der Waals surface area contributed by atoms with Crippen molar-refractivity contribution < 1.29 is 4.42 Å². The fraction of sp³-hybridized carbons (Fsp3) is 0.706. The number of nitrogens with one attached hydrogen (secondary N) is 2. The van der Waals surface area contributed by atoms with Crippen molar-refractivity contribution in [2.24, 2.45) is 10.9 Å². The summed E-state index contributed by atoms with van der Waals surface area (Å²) in [6, 6.07) is 4.52. The number of rotatable bonds is 8. The van der Waals surface area contributed by atoms with Crippen LogP contribution in [0.1, 0.15) is 45.4 Å². The highest BCUT2D eigenvalue weighted by molar-refractivity contribution is 5.79. The molecule has 0 radical (unpaired) electrons. The fourth-order valence-electron chi connectivity index (χ4n) is 2.30. The lowest BCUT2D eigenvalue weighted by Crippen LogP contribution is -2.45. The summed E-state index contributed by atoms with van der Waals surface area (Å²) < 4.78 is 5.53. The van der Waals surface area contributed by atoms with Gasteiger partial charge in [-0.15, -0.1) is 0 Å². The predicted molar refractivity (Wildman–Crippen MR) is 93.2 cm³/mol. The molecule has 0 spiro atoms. The second kappa shape index (κ2) is 9.51. The first-order valence-corrected chi connectivity index (χ1v) is 8.11. The van der Waals surface area contributed by atoms with Crippen LogP contribution in [0.4, 0.5) is 0 Å². The molecule has 0 saturated heterocycles. The van der Waals surface area contributed by atoms with Crippen molar-refractivity contribution in [1.82, 2.24) is 15.5 Å². The molecule has 0 aliphatic rings. The van der Waals surface area contributed by atoms with Crippen molar-refractivity contribution in [2.45, 2.75) is 45.7 Å². The first-order valence-electron chi connectivity index (χ1n) is 8.11. The second-order valence-corrected chi connectivity index (χ2v) is 6.46. The highest BCUT2D eigenvalue weighted by atomic mass is 16.3. The first kappa shape index (κ1) is 18.6. The average Bonchev–Trinajstić information content (AvgIpc) is 2.97. The second-order valence-electron chi connectivity index (χ2n) is 6.46. The van der Waals surface area contributed by atoms with Crippen LogP contribution in [0.2, 0.25) is 0 Å². The van der Waals surface area contributed by atoms with Gasteiger partial charge in [-0.25, -0.2) is 0 Å². The van der Waals surface area contributed by atoms with E-state index in [9.17, 15) is 0 Å². The molecule has 1 heterocycles. The van der Waals surface area contributed by atoms with Crippen LogP contribution in [-0.4, -0.2) is 44.6 Å². The van der Waals surface area contributed by atoms with Crippen LogP contribution >= 0.6 is 0 Å². The van der Waals surface area contributed by atoms with Crippen LogP contribution in [0.15, 0.2) is 27.8 Å². The summed E-state index contributed by atoms with van der Waals surface area (Å²) in [5.74, 6) is 2.53. The Kier molecular flexibility index (Phi) is 8.02. The number of nitrogens with zero attached hydrogens (tertiary/aromatic N) is 2. The highest BCUT2D eigenvalue weighted by Crippen LogP contribution is 2.17. The van der Waals surface area contributed by atoms with Gasteiger partial charge in [0.2, 0.25) is 0 Å². The van der Waals surface area contributed by atoms with E-state index in [2.05, 4.69) is 55.4 Å². The number of furan rings is 1. The maximum atomic E-state index is 5.53. The van der Waals surface area contributed by atoms with E-state index in [1.807, 2.05) is 19.2 Å². The van der Waals surface area contributed by atoms with E-state index >= 15 is 0 Å². The maximum Gasteiger partial charge on any atom is 0.191 e. The van der Waals surface area contributed by atoms with E-state index in [-0.39, 0.29) is 6.04 Å². The van der Waals surface area contributed by atoms with Crippen molar-refractivity contribution in [3.63, 3.8) is 0 Å². The van der Waals surface area contributed by atoms with Gasteiger partial charge >= 0.3 is 0 Å². The van der Waals surface area contributed by atoms with E-state index in [1.165, 1.54) is 6.42 Å². The average molecular weight is 308 g/mol. The summed E-state index contributed by atoms with van der Waals surface area (Å²) in [5, 5.41) is 6.85. The Hall–Kier alpha value is -1.49. The van der Waals surface area contributed by atoms with Gasteiger partial charge in [0.05, 0.1) is 12.3 Å². The molecule has 5 heteroatoms. The lowest BCUT2D eigenvalue weighted by atomic mass is 10.0. The number of aliphatic imine (C=N–C) groups is 1. The molecule has 126 valence electrons. The molecule has 0 aliphatic carbocycles. The Morgan fingerprint density at radius 3 is 2.50 bits per heavy atom. The lowest BCUT2D eigenvalue weighted by Gasteiger charge is -2.25. The summed E-state index contributed by atoms with van der Waals surface area (Å²) in [6.07, 6.45) is 4.08. The molecule has 0 aromatic carbocycles. The topological polar surface area (TPSA) is 52.8 Å².